The number of benzene rings is 1. The molecule has 1 aromatic heterocycles. The van der Waals surface area contributed by atoms with Crippen LogP contribution in [0.15, 0.2) is 42.6 Å². The highest BCUT2D eigenvalue weighted by Crippen LogP contribution is 2.26. The highest BCUT2D eigenvalue weighted by atomic mass is 35.5. The summed E-state index contributed by atoms with van der Waals surface area (Å²) in [5.74, 6) is 0.0286. The van der Waals surface area contributed by atoms with Crippen LogP contribution in [0, 0.1) is 0 Å². The Kier molecular flexibility index (Phi) is 8.45. The normalized spacial score (nSPS) is 13.7. The molecule has 1 fully saturated rings. The molecule has 5 nitrogen and oxygen atoms in total. The molecule has 2 N–H and O–H groups in total. The van der Waals surface area contributed by atoms with Crippen LogP contribution in [0.2, 0.25) is 5.02 Å². The number of amides is 1. The van der Waals surface area contributed by atoms with Gasteiger partial charge in [-0.15, -0.1) is 24.8 Å². The van der Waals surface area contributed by atoms with Crippen molar-refractivity contribution in [2.45, 2.75) is 6.54 Å². The number of pyridine rings is 1. The van der Waals surface area contributed by atoms with Gasteiger partial charge in [0.2, 0.25) is 0 Å². The van der Waals surface area contributed by atoms with Crippen LogP contribution < -0.4 is 10.6 Å². The van der Waals surface area contributed by atoms with E-state index in [0.29, 0.717) is 25.2 Å². The number of aromatic nitrogens is 1. The Morgan fingerprint density at radius 2 is 1.80 bits per heavy atom. The molecule has 1 amide bonds. The van der Waals surface area contributed by atoms with Gasteiger partial charge in [-0.1, -0.05) is 23.7 Å². The van der Waals surface area contributed by atoms with Gasteiger partial charge in [-0.2, -0.15) is 0 Å². The van der Waals surface area contributed by atoms with Crippen LogP contribution in [0.4, 0.5) is 5.69 Å². The molecule has 0 aliphatic carbocycles. The molecule has 0 unspecified atom stereocenters. The van der Waals surface area contributed by atoms with Crippen molar-refractivity contribution in [3.63, 3.8) is 0 Å². The molecule has 2 aromatic rings. The number of rotatable bonds is 3. The van der Waals surface area contributed by atoms with E-state index in [2.05, 4.69) is 9.88 Å². The first-order valence-electron chi connectivity index (χ1n) is 7.63. The third kappa shape index (κ3) is 4.98. The maximum Gasteiger partial charge on any atom is 0.254 e. The first-order valence-corrected chi connectivity index (χ1v) is 8.00. The first-order chi connectivity index (χ1) is 11.2. The van der Waals surface area contributed by atoms with Gasteiger partial charge in [0.15, 0.2) is 0 Å². The van der Waals surface area contributed by atoms with Crippen LogP contribution in [-0.4, -0.2) is 42.0 Å². The number of nitrogens with zero attached hydrogens (tertiary/aromatic N) is 3. The predicted molar refractivity (Wildman–Crippen MR) is 106 cm³/mol. The van der Waals surface area contributed by atoms with Gasteiger partial charge in [0.1, 0.15) is 0 Å². The summed E-state index contributed by atoms with van der Waals surface area (Å²) in [5, 5.41) is 0.744. The summed E-state index contributed by atoms with van der Waals surface area (Å²) < 4.78 is 0. The van der Waals surface area contributed by atoms with Crippen molar-refractivity contribution in [2.24, 2.45) is 5.73 Å². The Labute approximate surface area is 165 Å². The van der Waals surface area contributed by atoms with E-state index in [0.717, 1.165) is 29.5 Å². The summed E-state index contributed by atoms with van der Waals surface area (Å²) in [6, 6.07) is 11.3. The van der Waals surface area contributed by atoms with Gasteiger partial charge < -0.3 is 15.5 Å². The molecule has 3 rings (SSSR count). The lowest BCUT2D eigenvalue weighted by atomic mass is 10.1. The second-order valence-corrected chi connectivity index (χ2v) is 5.88. The second kappa shape index (κ2) is 9.82. The zero-order chi connectivity index (χ0) is 16.2. The summed E-state index contributed by atoms with van der Waals surface area (Å²) in [6.45, 7) is 3.21. The predicted octanol–water partition coefficient (Wildman–Crippen LogP) is 3.00. The van der Waals surface area contributed by atoms with Crippen molar-refractivity contribution >= 4 is 48.0 Å². The molecule has 2 heterocycles. The van der Waals surface area contributed by atoms with Crippen molar-refractivity contribution in [3.8, 4) is 0 Å². The summed E-state index contributed by atoms with van der Waals surface area (Å²) >= 11 is 6.24. The average Bonchev–Trinajstić information content (AvgIpc) is 2.62. The fourth-order valence-corrected chi connectivity index (χ4v) is 3.02. The molecule has 0 radical (unpaired) electrons. The van der Waals surface area contributed by atoms with E-state index >= 15 is 0 Å². The molecule has 1 aliphatic heterocycles. The molecule has 1 aliphatic rings. The largest absolute Gasteiger partial charge is 0.367 e. The van der Waals surface area contributed by atoms with Crippen LogP contribution in [0.5, 0.6) is 0 Å². The van der Waals surface area contributed by atoms with E-state index in [-0.39, 0.29) is 30.7 Å². The Balaban J connectivity index is 0.00000156. The highest BCUT2D eigenvalue weighted by molar-refractivity contribution is 6.33. The van der Waals surface area contributed by atoms with Crippen molar-refractivity contribution < 1.29 is 4.79 Å². The monoisotopic (exact) mass is 402 g/mol. The van der Waals surface area contributed by atoms with Crippen LogP contribution >= 0.6 is 36.4 Å². The van der Waals surface area contributed by atoms with E-state index in [9.17, 15) is 4.79 Å². The Morgan fingerprint density at radius 3 is 2.44 bits per heavy atom. The van der Waals surface area contributed by atoms with Gasteiger partial charge in [-0.3, -0.25) is 9.78 Å². The topological polar surface area (TPSA) is 62.5 Å². The molecule has 1 aromatic carbocycles. The van der Waals surface area contributed by atoms with E-state index in [1.54, 1.807) is 18.3 Å². The van der Waals surface area contributed by atoms with Crippen LogP contribution in [0.1, 0.15) is 16.1 Å². The second-order valence-electron chi connectivity index (χ2n) is 5.47. The van der Waals surface area contributed by atoms with Crippen LogP contribution in [0.25, 0.3) is 0 Å². The minimum Gasteiger partial charge on any atom is -0.367 e. The van der Waals surface area contributed by atoms with Gasteiger partial charge in [0.25, 0.3) is 5.91 Å². The molecule has 0 saturated carbocycles. The summed E-state index contributed by atoms with van der Waals surface area (Å²) in [6.07, 6.45) is 1.63. The van der Waals surface area contributed by atoms with Gasteiger partial charge in [0.05, 0.1) is 16.4 Å². The quantitative estimate of drug-likeness (QED) is 0.856. The molecule has 0 atom stereocenters. The Morgan fingerprint density at radius 1 is 1.12 bits per heavy atom. The number of carbonyl (C=O) groups excluding carboxylic acids is 1. The molecule has 1 saturated heterocycles. The first kappa shape index (κ1) is 21.5. The fraction of sp³-hybridized carbons (Fsp3) is 0.294. The lowest BCUT2D eigenvalue weighted by Gasteiger charge is -2.36. The van der Waals surface area contributed by atoms with Crippen molar-refractivity contribution in [1.29, 1.82) is 0 Å². The molecular weight excluding hydrogens is 383 g/mol. The van der Waals surface area contributed by atoms with Gasteiger partial charge in [0, 0.05) is 44.5 Å². The minimum absolute atomic E-state index is 0. The SMILES string of the molecule is Cl.Cl.NCc1cc(C(=O)N2CCN(c3ccccc3Cl)CC2)ccn1. The molecule has 0 spiro atoms. The van der Waals surface area contributed by atoms with E-state index in [1.165, 1.54) is 0 Å². The third-order valence-electron chi connectivity index (χ3n) is 4.03. The van der Waals surface area contributed by atoms with E-state index in [1.807, 2.05) is 29.2 Å². The third-order valence-corrected chi connectivity index (χ3v) is 4.35. The number of para-hydroxylation sites is 1. The Bertz CT molecular complexity index is 706. The van der Waals surface area contributed by atoms with E-state index in [4.69, 9.17) is 17.3 Å². The molecule has 8 heteroatoms. The number of piperazine rings is 1. The van der Waals surface area contributed by atoms with Crippen molar-refractivity contribution in [1.82, 2.24) is 9.88 Å². The number of carbonyl (C=O) groups is 1. The molecule has 25 heavy (non-hydrogen) atoms. The van der Waals surface area contributed by atoms with Crippen LogP contribution in [-0.2, 0) is 6.54 Å². The summed E-state index contributed by atoms with van der Waals surface area (Å²) in [4.78, 5) is 20.8. The number of halogens is 3. The molecule has 136 valence electrons. The zero-order valence-corrected chi connectivity index (χ0v) is 16.0. The lowest BCUT2D eigenvalue weighted by molar-refractivity contribution is 0.0746. The molecular formula is C17H21Cl3N4O. The Hall–Kier alpha value is -1.53. The smallest absolute Gasteiger partial charge is 0.254 e. The maximum absolute atomic E-state index is 12.6. The minimum atomic E-state index is 0. The molecule has 0 bridgehead atoms. The fourth-order valence-electron chi connectivity index (χ4n) is 2.76. The van der Waals surface area contributed by atoms with Gasteiger partial charge >= 0.3 is 0 Å². The lowest BCUT2D eigenvalue weighted by Crippen LogP contribution is -2.48. The van der Waals surface area contributed by atoms with Crippen molar-refractivity contribution in [2.75, 3.05) is 31.1 Å². The van der Waals surface area contributed by atoms with E-state index < -0.39 is 0 Å². The average molecular weight is 404 g/mol. The van der Waals surface area contributed by atoms with Crippen molar-refractivity contribution in [3.05, 3.63) is 58.9 Å². The standard InChI is InChI=1S/C17H19ClN4O.2ClH/c18-15-3-1-2-4-16(15)21-7-9-22(10-8-21)17(23)13-5-6-20-14(11-13)12-19;;/h1-6,11H,7-10,12,19H2;2*1H. The maximum atomic E-state index is 12.6. The number of nitrogens with two attached hydrogens (primary N) is 1. The number of anilines is 1. The van der Waals surface area contributed by atoms with Gasteiger partial charge in [-0.25, -0.2) is 0 Å². The summed E-state index contributed by atoms with van der Waals surface area (Å²) in [5.41, 5.74) is 7.98. The zero-order valence-electron chi connectivity index (χ0n) is 13.6. The highest BCUT2D eigenvalue weighted by Gasteiger charge is 2.23. The number of hydrogen-bond donors (Lipinski definition) is 1. The summed E-state index contributed by atoms with van der Waals surface area (Å²) in [7, 11) is 0. The number of hydrogen-bond acceptors (Lipinski definition) is 4. The van der Waals surface area contributed by atoms with Gasteiger partial charge in [-0.05, 0) is 24.3 Å². The van der Waals surface area contributed by atoms with Crippen LogP contribution in [0.3, 0.4) is 0 Å².